The number of aromatic nitrogens is 3. The summed E-state index contributed by atoms with van der Waals surface area (Å²) < 4.78 is 20.7. The fourth-order valence-electron chi connectivity index (χ4n) is 3.08. The van der Waals surface area contributed by atoms with E-state index >= 15 is 0 Å². The fourth-order valence-corrected chi connectivity index (χ4v) is 3.08. The first-order valence-corrected chi connectivity index (χ1v) is 8.18. The maximum absolute atomic E-state index is 13.2. The van der Waals surface area contributed by atoms with Gasteiger partial charge in [-0.25, -0.2) is 14.4 Å². The average Bonchev–Trinajstić information content (AvgIpc) is 3.30. The Labute approximate surface area is 143 Å². The van der Waals surface area contributed by atoms with Crippen LogP contribution in [0.15, 0.2) is 48.9 Å². The van der Waals surface area contributed by atoms with Crippen molar-refractivity contribution in [1.29, 1.82) is 0 Å². The highest BCUT2D eigenvalue weighted by Gasteiger charge is 2.29. The minimum absolute atomic E-state index is 0.135. The zero-order valence-electron chi connectivity index (χ0n) is 13.4. The summed E-state index contributed by atoms with van der Waals surface area (Å²) in [5.74, 6) is -0.161. The Bertz CT molecular complexity index is 854. The van der Waals surface area contributed by atoms with Gasteiger partial charge in [-0.2, -0.15) is 0 Å². The lowest BCUT2D eigenvalue weighted by Gasteiger charge is -2.24. The standard InChI is InChI=1S/C18H17FN4O2/c19-13-6-4-12(5-7-13)16(15-3-1-10-25-15)22-17(24)14-11-23-9-2-8-20-18(23)21-14/h2,4-9,11,15-16H,1,3,10H2,(H,22,24). The number of rotatable bonds is 4. The number of hydrogen-bond donors (Lipinski definition) is 1. The molecule has 7 heteroatoms. The average molecular weight is 340 g/mol. The monoisotopic (exact) mass is 340 g/mol. The summed E-state index contributed by atoms with van der Waals surface area (Å²) >= 11 is 0. The van der Waals surface area contributed by atoms with Gasteiger partial charge >= 0.3 is 0 Å². The quantitative estimate of drug-likeness (QED) is 0.792. The third kappa shape index (κ3) is 3.23. The van der Waals surface area contributed by atoms with Gasteiger partial charge in [-0.1, -0.05) is 12.1 Å². The molecule has 0 spiro atoms. The molecule has 0 saturated carbocycles. The number of benzene rings is 1. The molecule has 25 heavy (non-hydrogen) atoms. The molecule has 0 aliphatic carbocycles. The van der Waals surface area contributed by atoms with Crippen LogP contribution in [0.25, 0.3) is 5.78 Å². The predicted molar refractivity (Wildman–Crippen MR) is 88.6 cm³/mol. The van der Waals surface area contributed by atoms with Crippen LogP contribution in [0, 0.1) is 5.82 Å². The van der Waals surface area contributed by atoms with E-state index in [9.17, 15) is 9.18 Å². The molecule has 6 nitrogen and oxygen atoms in total. The lowest BCUT2D eigenvalue weighted by atomic mass is 9.99. The van der Waals surface area contributed by atoms with Crippen molar-refractivity contribution >= 4 is 11.7 Å². The number of carbonyl (C=O) groups excluding carboxylic acids is 1. The number of halogens is 1. The summed E-state index contributed by atoms with van der Waals surface area (Å²) in [4.78, 5) is 21.0. The molecule has 1 amide bonds. The summed E-state index contributed by atoms with van der Waals surface area (Å²) in [6.45, 7) is 0.663. The minimum atomic E-state index is -0.353. The van der Waals surface area contributed by atoms with Gasteiger partial charge in [0.1, 0.15) is 11.5 Å². The molecular weight excluding hydrogens is 323 g/mol. The van der Waals surface area contributed by atoms with Crippen LogP contribution in [-0.4, -0.2) is 33.0 Å². The lowest BCUT2D eigenvalue weighted by molar-refractivity contribution is 0.0670. The van der Waals surface area contributed by atoms with Gasteiger partial charge in [0.25, 0.3) is 5.91 Å². The zero-order valence-corrected chi connectivity index (χ0v) is 13.4. The highest BCUT2D eigenvalue weighted by atomic mass is 19.1. The van der Waals surface area contributed by atoms with Crippen LogP contribution in [0.1, 0.15) is 34.9 Å². The molecule has 1 aliphatic heterocycles. The fraction of sp³-hybridized carbons (Fsp3) is 0.278. The molecule has 1 aromatic carbocycles. The van der Waals surface area contributed by atoms with E-state index in [4.69, 9.17) is 4.74 Å². The van der Waals surface area contributed by atoms with Gasteiger partial charge in [0.05, 0.1) is 12.1 Å². The molecule has 3 aromatic rings. The van der Waals surface area contributed by atoms with E-state index in [-0.39, 0.29) is 29.6 Å². The van der Waals surface area contributed by atoms with Crippen LogP contribution < -0.4 is 5.32 Å². The second-order valence-electron chi connectivity index (χ2n) is 6.01. The third-order valence-electron chi connectivity index (χ3n) is 4.32. The van der Waals surface area contributed by atoms with Crippen molar-refractivity contribution in [1.82, 2.24) is 19.7 Å². The Hall–Kier alpha value is -2.80. The zero-order chi connectivity index (χ0) is 17.2. The minimum Gasteiger partial charge on any atom is -0.376 e. The highest BCUT2D eigenvalue weighted by molar-refractivity contribution is 5.93. The smallest absolute Gasteiger partial charge is 0.272 e. The van der Waals surface area contributed by atoms with Crippen LogP contribution in [0.2, 0.25) is 0 Å². The number of hydrogen-bond acceptors (Lipinski definition) is 4. The Morgan fingerprint density at radius 3 is 2.92 bits per heavy atom. The van der Waals surface area contributed by atoms with Gasteiger partial charge in [-0.05, 0) is 36.6 Å². The highest BCUT2D eigenvalue weighted by Crippen LogP contribution is 2.27. The van der Waals surface area contributed by atoms with Gasteiger partial charge in [0, 0.05) is 25.2 Å². The summed E-state index contributed by atoms with van der Waals surface area (Å²) in [6.07, 6.45) is 6.69. The van der Waals surface area contributed by atoms with Crippen LogP contribution in [-0.2, 0) is 4.74 Å². The maximum Gasteiger partial charge on any atom is 0.272 e. The Morgan fingerprint density at radius 1 is 1.36 bits per heavy atom. The van der Waals surface area contributed by atoms with Gasteiger partial charge in [0.15, 0.2) is 0 Å². The Morgan fingerprint density at radius 2 is 2.20 bits per heavy atom. The molecule has 2 atom stereocenters. The summed E-state index contributed by atoms with van der Waals surface area (Å²) in [5.41, 5.74) is 1.09. The van der Waals surface area contributed by atoms with E-state index in [1.54, 1.807) is 41.2 Å². The number of fused-ring (bicyclic) bond motifs is 1. The van der Waals surface area contributed by atoms with Gasteiger partial charge in [-0.3, -0.25) is 9.20 Å². The molecule has 2 unspecified atom stereocenters. The van der Waals surface area contributed by atoms with E-state index in [1.807, 2.05) is 0 Å². The molecule has 0 radical (unpaired) electrons. The lowest BCUT2D eigenvalue weighted by Crippen LogP contribution is -2.36. The molecule has 1 N–H and O–H groups in total. The number of amides is 1. The van der Waals surface area contributed by atoms with Gasteiger partial charge in [0.2, 0.25) is 5.78 Å². The van der Waals surface area contributed by atoms with Crippen molar-refractivity contribution in [2.24, 2.45) is 0 Å². The van der Waals surface area contributed by atoms with E-state index in [0.717, 1.165) is 18.4 Å². The topological polar surface area (TPSA) is 68.5 Å². The van der Waals surface area contributed by atoms with Crippen LogP contribution in [0.3, 0.4) is 0 Å². The molecule has 1 saturated heterocycles. The number of nitrogens with one attached hydrogen (secondary N) is 1. The van der Waals surface area contributed by atoms with E-state index in [0.29, 0.717) is 12.4 Å². The van der Waals surface area contributed by atoms with Crippen molar-refractivity contribution in [3.63, 3.8) is 0 Å². The first kappa shape index (κ1) is 15.7. The first-order valence-electron chi connectivity index (χ1n) is 8.18. The normalized spacial score (nSPS) is 18.4. The van der Waals surface area contributed by atoms with Crippen molar-refractivity contribution in [2.45, 2.75) is 25.0 Å². The second kappa shape index (κ2) is 6.60. The molecule has 2 aromatic heterocycles. The van der Waals surface area contributed by atoms with E-state index in [2.05, 4.69) is 15.3 Å². The van der Waals surface area contributed by atoms with Crippen molar-refractivity contribution in [3.05, 3.63) is 66.0 Å². The first-order chi connectivity index (χ1) is 12.2. The van der Waals surface area contributed by atoms with Gasteiger partial charge < -0.3 is 10.1 Å². The van der Waals surface area contributed by atoms with Crippen molar-refractivity contribution in [2.75, 3.05) is 6.61 Å². The van der Waals surface area contributed by atoms with Crippen LogP contribution in [0.4, 0.5) is 4.39 Å². The van der Waals surface area contributed by atoms with Crippen molar-refractivity contribution in [3.8, 4) is 0 Å². The molecule has 1 aliphatic rings. The molecule has 1 fully saturated rings. The summed E-state index contributed by atoms with van der Waals surface area (Å²) in [7, 11) is 0. The third-order valence-corrected chi connectivity index (χ3v) is 4.32. The van der Waals surface area contributed by atoms with E-state index in [1.165, 1.54) is 12.1 Å². The largest absolute Gasteiger partial charge is 0.376 e. The van der Waals surface area contributed by atoms with E-state index < -0.39 is 0 Å². The number of carbonyl (C=O) groups is 1. The summed E-state index contributed by atoms with van der Waals surface area (Å²) in [6, 6.07) is 7.54. The molecular formula is C18H17FN4O2. The van der Waals surface area contributed by atoms with Crippen LogP contribution in [0.5, 0.6) is 0 Å². The molecule has 128 valence electrons. The summed E-state index contributed by atoms with van der Waals surface area (Å²) in [5, 5.41) is 2.98. The molecule has 4 rings (SSSR count). The molecule has 0 bridgehead atoms. The van der Waals surface area contributed by atoms with Crippen LogP contribution >= 0.6 is 0 Å². The molecule has 3 heterocycles. The Balaban J connectivity index is 1.60. The number of nitrogens with zero attached hydrogens (tertiary/aromatic N) is 3. The van der Waals surface area contributed by atoms with Gasteiger partial charge in [-0.15, -0.1) is 0 Å². The Kier molecular flexibility index (Phi) is 4.15. The SMILES string of the molecule is O=C(NC(c1ccc(F)cc1)C1CCCO1)c1cn2cccnc2n1. The number of ether oxygens (including phenoxy) is 1. The predicted octanol–water partition coefficient (Wildman–Crippen LogP) is 2.52. The second-order valence-corrected chi connectivity index (χ2v) is 6.01. The maximum atomic E-state index is 13.2. The number of imidazole rings is 1. The van der Waals surface area contributed by atoms with Crippen molar-refractivity contribution < 1.29 is 13.9 Å².